The van der Waals surface area contributed by atoms with Crippen molar-refractivity contribution < 1.29 is 14.3 Å². The Morgan fingerprint density at radius 1 is 1.38 bits per heavy atom. The summed E-state index contributed by atoms with van der Waals surface area (Å²) in [6, 6.07) is 3.80. The second-order valence-corrected chi connectivity index (χ2v) is 4.45. The quantitative estimate of drug-likeness (QED) is 0.780. The van der Waals surface area contributed by atoms with Crippen LogP contribution >= 0.6 is 15.9 Å². The van der Waals surface area contributed by atoms with Gasteiger partial charge in [-0.1, -0.05) is 22.9 Å². The van der Waals surface area contributed by atoms with Crippen molar-refractivity contribution in [2.75, 3.05) is 14.2 Å². The highest BCUT2D eigenvalue weighted by Gasteiger charge is 2.16. The molecule has 0 aliphatic carbocycles. The van der Waals surface area contributed by atoms with Gasteiger partial charge in [-0.05, 0) is 18.1 Å². The van der Waals surface area contributed by atoms with Crippen LogP contribution in [0.3, 0.4) is 0 Å². The molecule has 0 aliphatic rings. The van der Waals surface area contributed by atoms with Gasteiger partial charge in [0.05, 0.1) is 14.2 Å². The summed E-state index contributed by atoms with van der Waals surface area (Å²) in [5.74, 6) is 1.48. The summed E-state index contributed by atoms with van der Waals surface area (Å²) in [6.45, 7) is 1.98. The Balaban J connectivity index is 3.24. The molecule has 1 rings (SSSR count). The van der Waals surface area contributed by atoms with Gasteiger partial charge in [0.1, 0.15) is 6.29 Å². The maximum Gasteiger partial charge on any atom is 0.164 e. The van der Waals surface area contributed by atoms with E-state index in [1.165, 1.54) is 0 Å². The molecule has 3 nitrogen and oxygen atoms in total. The van der Waals surface area contributed by atoms with Crippen molar-refractivity contribution in [3.05, 3.63) is 22.2 Å². The van der Waals surface area contributed by atoms with Crippen molar-refractivity contribution >= 4 is 22.2 Å². The molecule has 0 spiro atoms. The van der Waals surface area contributed by atoms with Gasteiger partial charge in [-0.25, -0.2) is 0 Å². The third-order valence-corrected chi connectivity index (χ3v) is 2.91. The zero-order chi connectivity index (χ0) is 12.1. The summed E-state index contributed by atoms with van der Waals surface area (Å²) >= 11 is 3.41. The molecule has 1 atom stereocenters. The van der Waals surface area contributed by atoms with Crippen LogP contribution in [0, 0.1) is 0 Å². The van der Waals surface area contributed by atoms with Gasteiger partial charge in [0.2, 0.25) is 0 Å². The van der Waals surface area contributed by atoms with Crippen LogP contribution in [-0.2, 0) is 4.79 Å². The van der Waals surface area contributed by atoms with Crippen molar-refractivity contribution in [3.8, 4) is 11.5 Å². The Morgan fingerprint density at radius 2 is 2.06 bits per heavy atom. The van der Waals surface area contributed by atoms with Crippen molar-refractivity contribution in [2.24, 2.45) is 0 Å². The van der Waals surface area contributed by atoms with E-state index in [9.17, 15) is 4.79 Å². The number of hydrogen-bond donors (Lipinski definition) is 0. The first-order chi connectivity index (χ1) is 7.63. The predicted molar refractivity (Wildman–Crippen MR) is 66.3 cm³/mol. The van der Waals surface area contributed by atoms with Crippen LogP contribution in [0.4, 0.5) is 0 Å². The van der Waals surface area contributed by atoms with Crippen molar-refractivity contribution in [1.29, 1.82) is 0 Å². The van der Waals surface area contributed by atoms with Gasteiger partial charge in [0, 0.05) is 16.5 Å². The minimum absolute atomic E-state index is 0.110. The lowest BCUT2D eigenvalue weighted by molar-refractivity contribution is -0.108. The molecule has 0 aliphatic heterocycles. The molecule has 0 fully saturated rings. The molecule has 0 radical (unpaired) electrons. The molecule has 1 aromatic carbocycles. The van der Waals surface area contributed by atoms with E-state index in [0.717, 1.165) is 16.3 Å². The van der Waals surface area contributed by atoms with Crippen LogP contribution < -0.4 is 9.47 Å². The van der Waals surface area contributed by atoms with Crippen molar-refractivity contribution in [2.45, 2.75) is 19.3 Å². The van der Waals surface area contributed by atoms with Gasteiger partial charge in [-0.2, -0.15) is 0 Å². The third kappa shape index (κ3) is 2.76. The first kappa shape index (κ1) is 13.0. The second kappa shape index (κ2) is 5.89. The average molecular weight is 287 g/mol. The van der Waals surface area contributed by atoms with E-state index in [-0.39, 0.29) is 5.92 Å². The lowest BCUT2D eigenvalue weighted by Crippen LogP contribution is -2.01. The first-order valence-corrected chi connectivity index (χ1v) is 5.78. The Kier molecular flexibility index (Phi) is 4.80. The fourth-order valence-electron chi connectivity index (χ4n) is 1.60. The molecule has 0 heterocycles. The average Bonchev–Trinajstić information content (AvgIpc) is 2.28. The van der Waals surface area contributed by atoms with Crippen molar-refractivity contribution in [1.82, 2.24) is 0 Å². The van der Waals surface area contributed by atoms with E-state index >= 15 is 0 Å². The largest absolute Gasteiger partial charge is 0.493 e. The Bertz CT molecular complexity index is 377. The van der Waals surface area contributed by atoms with Gasteiger partial charge >= 0.3 is 0 Å². The molecule has 0 saturated carbocycles. The van der Waals surface area contributed by atoms with Gasteiger partial charge in [0.25, 0.3) is 0 Å². The number of halogens is 1. The van der Waals surface area contributed by atoms with Gasteiger partial charge < -0.3 is 14.3 Å². The number of benzene rings is 1. The van der Waals surface area contributed by atoms with E-state index in [2.05, 4.69) is 15.9 Å². The van der Waals surface area contributed by atoms with E-state index in [1.807, 2.05) is 19.1 Å². The molecule has 0 saturated heterocycles. The number of hydrogen-bond acceptors (Lipinski definition) is 3. The highest BCUT2D eigenvalue weighted by Crippen LogP contribution is 2.39. The summed E-state index contributed by atoms with van der Waals surface area (Å²) in [6.07, 6.45) is 1.38. The lowest BCUT2D eigenvalue weighted by Gasteiger charge is -2.17. The van der Waals surface area contributed by atoms with Gasteiger partial charge in [0.15, 0.2) is 11.5 Å². The molecule has 0 amide bonds. The number of carbonyl (C=O) groups excluding carboxylic acids is 1. The van der Waals surface area contributed by atoms with Gasteiger partial charge in [-0.15, -0.1) is 0 Å². The standard InChI is InChI=1S/C12H15BrO3/c1-8(4-5-14)10-6-9(13)7-11(15-2)12(10)16-3/h5-8H,4H2,1-3H3. The molecule has 16 heavy (non-hydrogen) atoms. The maximum atomic E-state index is 10.5. The number of methoxy groups -OCH3 is 2. The van der Waals surface area contributed by atoms with Crippen LogP contribution in [0.2, 0.25) is 0 Å². The topological polar surface area (TPSA) is 35.5 Å². The predicted octanol–water partition coefficient (Wildman–Crippen LogP) is 3.16. The zero-order valence-electron chi connectivity index (χ0n) is 9.62. The van der Waals surface area contributed by atoms with Crippen LogP contribution in [0.1, 0.15) is 24.8 Å². The number of aldehydes is 1. The number of ether oxygens (including phenoxy) is 2. The van der Waals surface area contributed by atoms with Crippen molar-refractivity contribution in [3.63, 3.8) is 0 Å². The minimum Gasteiger partial charge on any atom is -0.493 e. The molecule has 1 aromatic rings. The molecular weight excluding hydrogens is 272 g/mol. The van der Waals surface area contributed by atoms with Crippen LogP contribution in [0.25, 0.3) is 0 Å². The molecule has 0 bridgehead atoms. The van der Waals surface area contributed by atoms with Crippen LogP contribution in [0.15, 0.2) is 16.6 Å². The monoisotopic (exact) mass is 286 g/mol. The summed E-state index contributed by atoms with van der Waals surface area (Å²) in [4.78, 5) is 10.5. The lowest BCUT2D eigenvalue weighted by atomic mass is 9.97. The molecule has 88 valence electrons. The fourth-order valence-corrected chi connectivity index (χ4v) is 2.05. The van der Waals surface area contributed by atoms with Gasteiger partial charge in [-0.3, -0.25) is 0 Å². The SMILES string of the molecule is COc1cc(Br)cc(C(C)CC=O)c1OC. The molecule has 0 aromatic heterocycles. The Hall–Kier alpha value is -1.03. The summed E-state index contributed by atoms with van der Waals surface area (Å²) in [5, 5.41) is 0. The number of carbonyl (C=O) groups is 1. The summed E-state index contributed by atoms with van der Waals surface area (Å²) in [7, 11) is 3.20. The number of rotatable bonds is 5. The molecule has 4 heteroatoms. The third-order valence-electron chi connectivity index (χ3n) is 2.45. The zero-order valence-corrected chi connectivity index (χ0v) is 11.2. The Labute approximate surface area is 104 Å². The molecule has 1 unspecified atom stereocenters. The highest BCUT2D eigenvalue weighted by atomic mass is 79.9. The van der Waals surface area contributed by atoms with E-state index in [4.69, 9.17) is 9.47 Å². The second-order valence-electron chi connectivity index (χ2n) is 3.53. The fraction of sp³-hybridized carbons (Fsp3) is 0.417. The molecule has 0 N–H and O–H groups in total. The van der Waals surface area contributed by atoms with E-state index in [1.54, 1.807) is 14.2 Å². The Morgan fingerprint density at radius 3 is 2.56 bits per heavy atom. The highest BCUT2D eigenvalue weighted by molar-refractivity contribution is 9.10. The summed E-state index contributed by atoms with van der Waals surface area (Å²) < 4.78 is 11.5. The van der Waals surface area contributed by atoms with Crippen LogP contribution in [-0.4, -0.2) is 20.5 Å². The summed E-state index contributed by atoms with van der Waals surface area (Å²) in [5.41, 5.74) is 0.973. The molecular formula is C12H15BrO3. The van der Waals surface area contributed by atoms with E-state index in [0.29, 0.717) is 17.9 Å². The minimum atomic E-state index is 0.110. The van der Waals surface area contributed by atoms with Crippen LogP contribution in [0.5, 0.6) is 11.5 Å². The maximum absolute atomic E-state index is 10.5. The van der Waals surface area contributed by atoms with E-state index < -0.39 is 0 Å². The smallest absolute Gasteiger partial charge is 0.164 e. The normalized spacial score (nSPS) is 12.0. The first-order valence-electron chi connectivity index (χ1n) is 4.99.